The van der Waals surface area contributed by atoms with Crippen molar-refractivity contribution in [3.8, 4) is 17.3 Å². The minimum Gasteiger partial charge on any atom is -0.301 e. The monoisotopic (exact) mass is 343 g/mol. The highest BCUT2D eigenvalue weighted by Crippen LogP contribution is 2.27. The zero-order chi connectivity index (χ0) is 15.0. The molecule has 0 aliphatic rings. The number of nitriles is 1. The Labute approximate surface area is 129 Å². The number of imidazole rings is 1. The smallest absolute Gasteiger partial charge is 0.138 e. The molecule has 0 bridgehead atoms. The van der Waals surface area contributed by atoms with Gasteiger partial charge in [-0.3, -0.25) is 0 Å². The number of nitrogens with zero attached hydrogens (tertiary/aromatic N) is 3. The van der Waals surface area contributed by atoms with E-state index in [0.29, 0.717) is 5.69 Å². The zero-order valence-electron chi connectivity index (χ0n) is 11.3. The van der Waals surface area contributed by atoms with Crippen LogP contribution < -0.4 is 0 Å². The second-order valence-electron chi connectivity index (χ2n) is 4.78. The zero-order valence-corrected chi connectivity index (χ0v) is 12.9. The van der Waals surface area contributed by atoms with Gasteiger partial charge in [-0.1, -0.05) is 0 Å². The van der Waals surface area contributed by atoms with E-state index >= 15 is 0 Å². The molecule has 21 heavy (non-hydrogen) atoms. The van der Waals surface area contributed by atoms with Crippen LogP contribution in [0.2, 0.25) is 0 Å². The first-order valence-electron chi connectivity index (χ1n) is 6.40. The quantitative estimate of drug-likeness (QED) is 0.696. The third kappa shape index (κ3) is 2.43. The fourth-order valence-corrected chi connectivity index (χ4v) is 2.61. The van der Waals surface area contributed by atoms with Crippen molar-refractivity contribution in [3.63, 3.8) is 0 Å². The molecule has 0 saturated heterocycles. The Morgan fingerprint density at radius 1 is 1.33 bits per heavy atom. The summed E-state index contributed by atoms with van der Waals surface area (Å²) in [5.74, 6) is -0.289. The number of hydrogen-bond acceptors (Lipinski definition) is 2. The van der Waals surface area contributed by atoms with Crippen LogP contribution in [0.15, 0.2) is 41.0 Å². The van der Waals surface area contributed by atoms with Crippen molar-refractivity contribution in [2.75, 3.05) is 0 Å². The predicted molar refractivity (Wildman–Crippen MR) is 82.3 cm³/mol. The van der Waals surface area contributed by atoms with Crippen LogP contribution in [0.1, 0.15) is 11.3 Å². The van der Waals surface area contributed by atoms with Crippen LogP contribution in [0, 0.1) is 24.1 Å². The van der Waals surface area contributed by atoms with Gasteiger partial charge in [-0.05, 0) is 58.7 Å². The molecule has 104 valence electrons. The molecular formula is C16H11BrFN3. The number of halogens is 2. The molecule has 3 nitrogen and oxygen atoms in total. The molecule has 0 aliphatic heterocycles. The molecule has 0 spiro atoms. The van der Waals surface area contributed by atoms with Crippen molar-refractivity contribution < 1.29 is 4.39 Å². The van der Waals surface area contributed by atoms with Gasteiger partial charge >= 0.3 is 0 Å². The van der Waals surface area contributed by atoms with Crippen LogP contribution in [0.5, 0.6) is 0 Å². The number of aryl methyl sites for hydroxylation is 1. The van der Waals surface area contributed by atoms with Gasteiger partial charge in [0.15, 0.2) is 0 Å². The molecule has 1 aromatic carbocycles. The summed E-state index contributed by atoms with van der Waals surface area (Å²) in [5, 5.41) is 9.07. The SMILES string of the molecule is Cc1cc2nc(-c3ccc(F)cc3)c(CC#N)n2cc1Br. The topological polar surface area (TPSA) is 41.1 Å². The molecule has 0 unspecified atom stereocenters. The van der Waals surface area contributed by atoms with Crippen LogP contribution in [0.3, 0.4) is 0 Å². The number of pyridine rings is 1. The lowest BCUT2D eigenvalue weighted by Crippen LogP contribution is -1.94. The lowest BCUT2D eigenvalue weighted by atomic mass is 10.1. The fraction of sp³-hybridized carbons (Fsp3) is 0.125. The van der Waals surface area contributed by atoms with Gasteiger partial charge in [-0.15, -0.1) is 0 Å². The number of benzene rings is 1. The molecule has 2 heterocycles. The summed E-state index contributed by atoms with van der Waals surface area (Å²) in [6, 6.07) is 10.3. The van der Waals surface area contributed by atoms with E-state index in [0.717, 1.165) is 26.9 Å². The summed E-state index contributed by atoms with van der Waals surface area (Å²) in [4.78, 5) is 4.60. The molecule has 0 amide bonds. The third-order valence-electron chi connectivity index (χ3n) is 3.37. The second-order valence-corrected chi connectivity index (χ2v) is 5.64. The normalized spacial score (nSPS) is 10.8. The van der Waals surface area contributed by atoms with Gasteiger partial charge in [-0.2, -0.15) is 5.26 Å². The first kappa shape index (κ1) is 13.8. The summed E-state index contributed by atoms with van der Waals surface area (Å²) < 4.78 is 15.9. The Kier molecular flexibility index (Phi) is 3.48. The van der Waals surface area contributed by atoms with Gasteiger partial charge < -0.3 is 4.40 Å². The number of aromatic nitrogens is 2. The molecule has 3 rings (SSSR count). The number of fused-ring (bicyclic) bond motifs is 1. The van der Waals surface area contributed by atoms with Gasteiger partial charge in [0.05, 0.1) is 23.9 Å². The minimum absolute atomic E-state index is 0.239. The predicted octanol–water partition coefficient (Wildman–Crippen LogP) is 4.28. The molecular weight excluding hydrogens is 333 g/mol. The minimum atomic E-state index is -0.289. The highest BCUT2D eigenvalue weighted by Gasteiger charge is 2.15. The maximum Gasteiger partial charge on any atom is 0.138 e. The highest BCUT2D eigenvalue weighted by atomic mass is 79.9. The summed E-state index contributed by atoms with van der Waals surface area (Å²) in [6.45, 7) is 1.99. The van der Waals surface area contributed by atoms with Crippen molar-refractivity contribution in [3.05, 3.63) is 58.1 Å². The van der Waals surface area contributed by atoms with Crippen molar-refractivity contribution in [2.45, 2.75) is 13.3 Å². The average Bonchev–Trinajstić information content (AvgIpc) is 2.79. The van der Waals surface area contributed by atoms with Gasteiger partial charge in [0.1, 0.15) is 11.5 Å². The van der Waals surface area contributed by atoms with Gasteiger partial charge in [-0.25, -0.2) is 9.37 Å². The van der Waals surface area contributed by atoms with E-state index in [4.69, 9.17) is 5.26 Å². The van der Waals surface area contributed by atoms with Gasteiger partial charge in [0, 0.05) is 16.2 Å². The first-order chi connectivity index (χ1) is 10.1. The lowest BCUT2D eigenvalue weighted by molar-refractivity contribution is 0.628. The standard InChI is InChI=1S/C16H11BrFN3/c1-10-8-15-20-16(11-2-4-12(18)5-3-11)14(6-7-19)21(15)9-13(10)17/h2-5,8-9H,6H2,1H3. The van der Waals surface area contributed by atoms with E-state index < -0.39 is 0 Å². The van der Waals surface area contributed by atoms with Crippen molar-refractivity contribution >= 4 is 21.6 Å². The van der Waals surface area contributed by atoms with Crippen LogP contribution in [-0.2, 0) is 6.42 Å². The van der Waals surface area contributed by atoms with Crippen LogP contribution >= 0.6 is 15.9 Å². The highest BCUT2D eigenvalue weighted by molar-refractivity contribution is 9.10. The molecule has 3 aromatic rings. The first-order valence-corrected chi connectivity index (χ1v) is 7.19. The van der Waals surface area contributed by atoms with Crippen LogP contribution in [0.25, 0.3) is 16.9 Å². The molecule has 0 atom stereocenters. The van der Waals surface area contributed by atoms with E-state index in [1.807, 2.05) is 23.6 Å². The van der Waals surface area contributed by atoms with Crippen LogP contribution in [-0.4, -0.2) is 9.38 Å². The molecule has 0 saturated carbocycles. The second kappa shape index (κ2) is 5.30. The van der Waals surface area contributed by atoms with Gasteiger partial charge in [0.2, 0.25) is 0 Å². The third-order valence-corrected chi connectivity index (χ3v) is 4.20. The maximum atomic E-state index is 13.1. The van der Waals surface area contributed by atoms with E-state index in [9.17, 15) is 4.39 Å². The Hall–Kier alpha value is -2.19. The molecule has 5 heteroatoms. The Bertz CT molecular complexity index is 860. The summed E-state index contributed by atoms with van der Waals surface area (Å²) in [7, 11) is 0. The Balaban J connectivity index is 2.29. The summed E-state index contributed by atoms with van der Waals surface area (Å²) >= 11 is 3.50. The fourth-order valence-electron chi connectivity index (χ4n) is 2.29. The van der Waals surface area contributed by atoms with E-state index in [-0.39, 0.29) is 12.2 Å². The lowest BCUT2D eigenvalue weighted by Gasteiger charge is -2.03. The molecule has 0 aliphatic carbocycles. The molecule has 0 radical (unpaired) electrons. The van der Waals surface area contributed by atoms with Crippen molar-refractivity contribution in [1.29, 1.82) is 5.26 Å². The van der Waals surface area contributed by atoms with Crippen molar-refractivity contribution in [1.82, 2.24) is 9.38 Å². The molecule has 0 N–H and O–H groups in total. The van der Waals surface area contributed by atoms with Crippen LogP contribution in [0.4, 0.5) is 4.39 Å². The van der Waals surface area contributed by atoms with E-state index in [1.54, 1.807) is 12.1 Å². The maximum absolute atomic E-state index is 13.1. The molecule has 0 fully saturated rings. The number of rotatable bonds is 2. The largest absolute Gasteiger partial charge is 0.301 e. The summed E-state index contributed by atoms with van der Waals surface area (Å²) in [5.41, 5.74) is 4.18. The average molecular weight is 344 g/mol. The van der Waals surface area contributed by atoms with E-state index in [1.165, 1.54) is 12.1 Å². The van der Waals surface area contributed by atoms with Crippen molar-refractivity contribution in [2.24, 2.45) is 0 Å². The summed E-state index contributed by atoms with van der Waals surface area (Å²) in [6.07, 6.45) is 2.15. The Morgan fingerprint density at radius 2 is 2.05 bits per heavy atom. The molecule has 2 aromatic heterocycles. The van der Waals surface area contributed by atoms with E-state index in [2.05, 4.69) is 27.0 Å². The van der Waals surface area contributed by atoms with Gasteiger partial charge in [0.25, 0.3) is 0 Å². The number of hydrogen-bond donors (Lipinski definition) is 0. The Morgan fingerprint density at radius 3 is 2.71 bits per heavy atom.